The Bertz CT molecular complexity index is 413. The monoisotopic (exact) mass is 235 g/mol. The van der Waals surface area contributed by atoms with Crippen molar-refractivity contribution < 1.29 is 9.53 Å². The highest BCUT2D eigenvalue weighted by atomic mass is 16.5. The molecular weight excluding hydrogens is 214 g/mol. The van der Waals surface area contributed by atoms with E-state index in [1.165, 1.54) is 11.1 Å². The summed E-state index contributed by atoms with van der Waals surface area (Å²) in [6, 6.07) is 4.17. The van der Waals surface area contributed by atoms with Gasteiger partial charge >= 0.3 is 0 Å². The average molecular weight is 235 g/mol. The van der Waals surface area contributed by atoms with Crippen molar-refractivity contribution in [1.29, 1.82) is 0 Å². The number of likely N-dealkylation sites (N-methyl/N-ethyl adjacent to an activating group) is 1. The highest BCUT2D eigenvalue weighted by molar-refractivity contribution is 5.77. The maximum atomic E-state index is 11.1. The van der Waals surface area contributed by atoms with Gasteiger partial charge in [0.15, 0.2) is 0 Å². The lowest BCUT2D eigenvalue weighted by Gasteiger charge is -2.19. The van der Waals surface area contributed by atoms with Gasteiger partial charge < -0.3 is 4.74 Å². The summed E-state index contributed by atoms with van der Waals surface area (Å²) in [6.45, 7) is 6.94. The molecule has 0 aliphatic rings. The molecule has 0 aliphatic heterocycles. The topological polar surface area (TPSA) is 29.5 Å². The molecule has 0 bridgehead atoms. The summed E-state index contributed by atoms with van der Waals surface area (Å²) in [7, 11) is 3.63. The maximum Gasteiger partial charge on any atom is 0.143 e. The third-order valence-corrected chi connectivity index (χ3v) is 2.72. The molecule has 0 saturated carbocycles. The fourth-order valence-corrected chi connectivity index (χ4v) is 2.05. The number of rotatable bonds is 5. The Morgan fingerprint density at radius 2 is 2.00 bits per heavy atom. The number of ether oxygens (including phenoxy) is 1. The second kappa shape index (κ2) is 5.82. The molecule has 0 unspecified atom stereocenters. The molecule has 94 valence electrons. The molecule has 0 aliphatic carbocycles. The molecule has 3 heteroatoms. The molecule has 1 aromatic rings. The fourth-order valence-electron chi connectivity index (χ4n) is 2.05. The molecule has 0 N–H and O–H groups in total. The number of Topliss-reactive ketones (excluding diaryl/α,β-unsaturated/α-hetero) is 1. The average Bonchev–Trinajstić information content (AvgIpc) is 2.20. The number of nitrogens with zero attached hydrogens (tertiary/aromatic N) is 1. The van der Waals surface area contributed by atoms with E-state index in [-0.39, 0.29) is 5.78 Å². The quantitative estimate of drug-likeness (QED) is 0.784. The number of aryl methyl sites for hydroxylation is 2. The van der Waals surface area contributed by atoms with Gasteiger partial charge in [-0.2, -0.15) is 0 Å². The lowest BCUT2D eigenvalue weighted by Crippen LogP contribution is -2.24. The predicted molar refractivity (Wildman–Crippen MR) is 69.5 cm³/mol. The van der Waals surface area contributed by atoms with Gasteiger partial charge in [0.1, 0.15) is 11.5 Å². The zero-order valence-electron chi connectivity index (χ0n) is 11.3. The van der Waals surface area contributed by atoms with E-state index in [1.807, 2.05) is 18.0 Å². The molecule has 0 fully saturated rings. The summed E-state index contributed by atoms with van der Waals surface area (Å²) in [4.78, 5) is 13.1. The van der Waals surface area contributed by atoms with Crippen molar-refractivity contribution in [2.75, 3.05) is 20.7 Å². The molecule has 3 nitrogen and oxygen atoms in total. The lowest BCUT2D eigenvalue weighted by molar-refractivity contribution is -0.117. The molecule has 0 aromatic heterocycles. The molecule has 1 aromatic carbocycles. The van der Waals surface area contributed by atoms with Crippen LogP contribution in [0.25, 0.3) is 0 Å². The number of benzene rings is 1. The van der Waals surface area contributed by atoms with Gasteiger partial charge in [0, 0.05) is 12.1 Å². The van der Waals surface area contributed by atoms with Crippen molar-refractivity contribution in [3.63, 3.8) is 0 Å². The van der Waals surface area contributed by atoms with Gasteiger partial charge in [-0.1, -0.05) is 6.07 Å². The van der Waals surface area contributed by atoms with Gasteiger partial charge in [0.2, 0.25) is 0 Å². The number of ketones is 1. The number of hydrogen-bond donors (Lipinski definition) is 0. The van der Waals surface area contributed by atoms with Crippen LogP contribution in [0.15, 0.2) is 12.1 Å². The Balaban J connectivity index is 2.93. The summed E-state index contributed by atoms with van der Waals surface area (Å²) in [5, 5.41) is 0. The SMILES string of the molecule is COc1cc(C)cc(C)c1CN(C)CC(C)=O. The van der Waals surface area contributed by atoms with Gasteiger partial charge in [0.05, 0.1) is 13.7 Å². The van der Waals surface area contributed by atoms with Crippen LogP contribution in [0.1, 0.15) is 23.6 Å². The molecule has 0 radical (unpaired) electrons. The number of carbonyl (C=O) groups excluding carboxylic acids is 1. The van der Waals surface area contributed by atoms with Crippen LogP contribution in [0, 0.1) is 13.8 Å². The highest BCUT2D eigenvalue weighted by Gasteiger charge is 2.11. The van der Waals surface area contributed by atoms with Crippen LogP contribution in [0.3, 0.4) is 0 Å². The Kier molecular flexibility index (Phi) is 4.70. The zero-order valence-corrected chi connectivity index (χ0v) is 11.3. The Hall–Kier alpha value is -1.35. The van der Waals surface area contributed by atoms with Crippen LogP contribution < -0.4 is 4.74 Å². The van der Waals surface area contributed by atoms with Gasteiger partial charge in [-0.05, 0) is 45.0 Å². The predicted octanol–water partition coefficient (Wildman–Crippen LogP) is 2.33. The Morgan fingerprint density at radius 3 is 2.53 bits per heavy atom. The fraction of sp³-hybridized carbons (Fsp3) is 0.500. The zero-order chi connectivity index (χ0) is 13.0. The van der Waals surface area contributed by atoms with Crippen LogP contribution >= 0.6 is 0 Å². The first-order chi connectivity index (χ1) is 7.93. The smallest absolute Gasteiger partial charge is 0.143 e. The molecule has 0 spiro atoms. The number of hydrogen-bond acceptors (Lipinski definition) is 3. The van der Waals surface area contributed by atoms with Crippen LogP contribution in [0.4, 0.5) is 0 Å². The summed E-state index contributed by atoms with van der Waals surface area (Å²) >= 11 is 0. The minimum Gasteiger partial charge on any atom is -0.496 e. The molecule has 0 heterocycles. The van der Waals surface area contributed by atoms with Crippen molar-refractivity contribution in [3.05, 3.63) is 28.8 Å². The normalized spacial score (nSPS) is 10.7. The second-order valence-corrected chi connectivity index (χ2v) is 4.64. The van der Waals surface area contributed by atoms with Crippen LogP contribution in [0.5, 0.6) is 5.75 Å². The highest BCUT2D eigenvalue weighted by Crippen LogP contribution is 2.25. The van der Waals surface area contributed by atoms with E-state index in [9.17, 15) is 4.79 Å². The minimum absolute atomic E-state index is 0.177. The summed E-state index contributed by atoms with van der Waals surface area (Å²) < 4.78 is 5.40. The van der Waals surface area contributed by atoms with Gasteiger partial charge in [-0.15, -0.1) is 0 Å². The first-order valence-electron chi connectivity index (χ1n) is 5.76. The molecule has 1 rings (SSSR count). The Morgan fingerprint density at radius 1 is 1.35 bits per heavy atom. The second-order valence-electron chi connectivity index (χ2n) is 4.64. The van der Waals surface area contributed by atoms with Crippen molar-refractivity contribution in [3.8, 4) is 5.75 Å². The summed E-state index contributed by atoms with van der Waals surface area (Å²) in [6.07, 6.45) is 0. The lowest BCUT2D eigenvalue weighted by atomic mass is 10.0. The van der Waals surface area contributed by atoms with Crippen molar-refractivity contribution in [2.45, 2.75) is 27.3 Å². The summed E-state index contributed by atoms with van der Waals surface area (Å²) in [5.74, 6) is 1.08. The molecule has 17 heavy (non-hydrogen) atoms. The molecule has 0 saturated heterocycles. The van der Waals surface area contributed by atoms with E-state index in [2.05, 4.69) is 19.9 Å². The largest absolute Gasteiger partial charge is 0.496 e. The van der Waals surface area contributed by atoms with E-state index in [1.54, 1.807) is 14.0 Å². The van der Waals surface area contributed by atoms with Crippen molar-refractivity contribution in [1.82, 2.24) is 4.90 Å². The van der Waals surface area contributed by atoms with E-state index in [0.29, 0.717) is 6.54 Å². The van der Waals surface area contributed by atoms with Gasteiger partial charge in [-0.25, -0.2) is 0 Å². The standard InChI is InChI=1S/C14H21NO2/c1-10-6-11(2)13(14(7-10)17-5)9-15(4)8-12(3)16/h6-7H,8-9H2,1-5H3. The van der Waals surface area contributed by atoms with Gasteiger partial charge in [0.25, 0.3) is 0 Å². The molecular formula is C14H21NO2. The van der Waals surface area contributed by atoms with Crippen molar-refractivity contribution in [2.24, 2.45) is 0 Å². The Labute approximate surface area is 103 Å². The molecule has 0 atom stereocenters. The van der Waals surface area contributed by atoms with Crippen molar-refractivity contribution >= 4 is 5.78 Å². The van der Waals surface area contributed by atoms with Crippen LogP contribution in [-0.4, -0.2) is 31.4 Å². The van der Waals surface area contributed by atoms with E-state index >= 15 is 0 Å². The molecule has 0 amide bonds. The first kappa shape index (κ1) is 13.7. The van der Waals surface area contributed by atoms with E-state index in [0.717, 1.165) is 17.9 Å². The van der Waals surface area contributed by atoms with E-state index < -0.39 is 0 Å². The first-order valence-corrected chi connectivity index (χ1v) is 5.76. The minimum atomic E-state index is 0.177. The van der Waals surface area contributed by atoms with E-state index in [4.69, 9.17) is 4.74 Å². The number of carbonyl (C=O) groups is 1. The van der Waals surface area contributed by atoms with Crippen LogP contribution in [-0.2, 0) is 11.3 Å². The maximum absolute atomic E-state index is 11.1. The van der Waals surface area contributed by atoms with Gasteiger partial charge in [-0.3, -0.25) is 9.69 Å². The summed E-state index contributed by atoms with van der Waals surface area (Å²) in [5.41, 5.74) is 3.55. The third kappa shape index (κ3) is 3.86. The van der Waals surface area contributed by atoms with Crippen LogP contribution in [0.2, 0.25) is 0 Å². The third-order valence-electron chi connectivity index (χ3n) is 2.72. The number of methoxy groups -OCH3 is 1.